The summed E-state index contributed by atoms with van der Waals surface area (Å²) in [4.78, 5) is 12.4. The van der Waals surface area contributed by atoms with Crippen LogP contribution in [-0.4, -0.2) is 38.5 Å². The van der Waals surface area contributed by atoms with Crippen LogP contribution in [0, 0.1) is 0 Å². The summed E-state index contributed by atoms with van der Waals surface area (Å²) < 4.78 is 59.8. The molecule has 0 aromatic heterocycles. The molecule has 0 N–H and O–H groups in total. The van der Waals surface area contributed by atoms with Crippen molar-refractivity contribution in [2.24, 2.45) is 0 Å². The van der Waals surface area contributed by atoms with E-state index in [9.17, 15) is 26.4 Å². The molecule has 4 nitrogen and oxygen atoms in total. The number of benzene rings is 1. The second-order valence-corrected chi connectivity index (χ2v) is 6.87. The molecule has 0 aliphatic carbocycles. The van der Waals surface area contributed by atoms with Crippen molar-refractivity contribution in [2.75, 3.05) is 13.1 Å². The van der Waals surface area contributed by atoms with E-state index in [2.05, 4.69) is 0 Å². The molecule has 0 saturated carbocycles. The molecule has 0 radical (unpaired) electrons. The largest absolute Gasteiger partial charge is 0.406 e. The van der Waals surface area contributed by atoms with Crippen LogP contribution in [0.25, 0.3) is 0 Å². The fraction of sp³-hybridized carbons (Fsp3) is 0.417. The highest BCUT2D eigenvalue weighted by Crippen LogP contribution is 2.20. The van der Waals surface area contributed by atoms with Gasteiger partial charge in [-0.25, -0.2) is 8.42 Å². The third-order valence-electron chi connectivity index (χ3n) is 2.51. The van der Waals surface area contributed by atoms with Crippen molar-refractivity contribution in [3.05, 3.63) is 29.8 Å². The van der Waals surface area contributed by atoms with E-state index in [-0.39, 0.29) is 17.0 Å². The molecule has 0 aliphatic rings. The average Bonchev–Trinajstić information content (AvgIpc) is 2.35. The van der Waals surface area contributed by atoms with E-state index < -0.39 is 27.7 Å². The maximum Gasteiger partial charge on any atom is 0.406 e. The Bertz CT molecular complexity index is 616. The molecule has 0 aliphatic heterocycles. The number of rotatable bonds is 5. The number of halogens is 4. The van der Waals surface area contributed by atoms with Gasteiger partial charge in [0.25, 0.3) is 15.0 Å². The standard InChI is InChI=1S/C12H13ClF3NO3S/c1-2-6-17(8-12(14,15)16)11(18)9-4-3-5-10(7-9)21(13,19)20/h3-5,7H,2,6,8H2,1H3. The molecule has 1 aromatic rings. The fourth-order valence-corrected chi connectivity index (χ4v) is 2.50. The smallest absolute Gasteiger partial charge is 0.330 e. The lowest BCUT2D eigenvalue weighted by Crippen LogP contribution is -2.39. The van der Waals surface area contributed by atoms with Gasteiger partial charge in [-0.2, -0.15) is 13.2 Å². The zero-order chi connectivity index (χ0) is 16.3. The molecule has 1 rings (SSSR count). The molecule has 0 atom stereocenters. The summed E-state index contributed by atoms with van der Waals surface area (Å²) in [6.07, 6.45) is -4.18. The van der Waals surface area contributed by atoms with Crippen molar-refractivity contribution >= 4 is 25.6 Å². The quantitative estimate of drug-likeness (QED) is 0.772. The van der Waals surface area contributed by atoms with Gasteiger partial charge in [-0.05, 0) is 24.6 Å². The van der Waals surface area contributed by atoms with Crippen LogP contribution >= 0.6 is 10.7 Å². The summed E-state index contributed by atoms with van der Waals surface area (Å²) >= 11 is 0. The minimum Gasteiger partial charge on any atom is -0.330 e. The maximum atomic E-state index is 12.5. The van der Waals surface area contributed by atoms with Gasteiger partial charge in [0, 0.05) is 22.8 Å². The Morgan fingerprint density at radius 1 is 1.33 bits per heavy atom. The van der Waals surface area contributed by atoms with E-state index in [1.165, 1.54) is 12.1 Å². The summed E-state index contributed by atoms with van der Waals surface area (Å²) in [5.74, 6) is -0.892. The first-order valence-corrected chi connectivity index (χ1v) is 8.26. The van der Waals surface area contributed by atoms with E-state index in [0.29, 0.717) is 11.3 Å². The number of amides is 1. The fourth-order valence-electron chi connectivity index (χ4n) is 1.70. The molecule has 0 saturated heterocycles. The molecular formula is C12H13ClF3NO3S. The van der Waals surface area contributed by atoms with Gasteiger partial charge in [0.05, 0.1) is 4.90 Å². The molecule has 9 heteroatoms. The molecule has 0 heterocycles. The maximum absolute atomic E-state index is 12.5. The lowest BCUT2D eigenvalue weighted by atomic mass is 10.2. The van der Waals surface area contributed by atoms with Gasteiger partial charge in [0.15, 0.2) is 0 Å². The SMILES string of the molecule is CCCN(CC(F)(F)F)C(=O)c1cccc(S(=O)(=O)Cl)c1. The van der Waals surface area contributed by atoms with Gasteiger partial charge < -0.3 is 4.90 Å². The molecule has 0 unspecified atom stereocenters. The Hall–Kier alpha value is -1.28. The third-order valence-corrected chi connectivity index (χ3v) is 3.86. The molecule has 21 heavy (non-hydrogen) atoms. The molecule has 118 valence electrons. The Labute approximate surface area is 124 Å². The van der Waals surface area contributed by atoms with Crippen molar-refractivity contribution < 1.29 is 26.4 Å². The van der Waals surface area contributed by atoms with E-state index in [4.69, 9.17) is 10.7 Å². The van der Waals surface area contributed by atoms with Gasteiger partial charge in [-0.3, -0.25) is 4.79 Å². The molecule has 1 amide bonds. The van der Waals surface area contributed by atoms with E-state index >= 15 is 0 Å². The number of carbonyl (C=O) groups is 1. The number of hydrogen-bond acceptors (Lipinski definition) is 3. The lowest BCUT2D eigenvalue weighted by Gasteiger charge is -2.23. The first-order valence-electron chi connectivity index (χ1n) is 5.95. The minimum atomic E-state index is -4.53. The minimum absolute atomic E-state index is 0.0871. The van der Waals surface area contributed by atoms with E-state index in [1.54, 1.807) is 6.92 Å². The van der Waals surface area contributed by atoms with Crippen molar-refractivity contribution in [2.45, 2.75) is 24.4 Å². The summed E-state index contributed by atoms with van der Waals surface area (Å²) in [6.45, 7) is 0.157. The normalized spacial score (nSPS) is 12.2. The van der Waals surface area contributed by atoms with Crippen LogP contribution in [-0.2, 0) is 9.05 Å². The van der Waals surface area contributed by atoms with Crippen molar-refractivity contribution in [3.8, 4) is 0 Å². The van der Waals surface area contributed by atoms with E-state index in [0.717, 1.165) is 12.1 Å². The first kappa shape index (κ1) is 17.8. The highest BCUT2D eigenvalue weighted by molar-refractivity contribution is 8.13. The first-order chi connectivity index (χ1) is 9.54. The molecule has 0 bridgehead atoms. The molecule has 1 aromatic carbocycles. The zero-order valence-corrected chi connectivity index (χ0v) is 12.6. The summed E-state index contributed by atoms with van der Waals surface area (Å²) in [5.41, 5.74) is -0.158. The number of carbonyl (C=O) groups excluding carboxylic acids is 1. The summed E-state index contributed by atoms with van der Waals surface area (Å²) in [5, 5.41) is 0. The van der Waals surface area contributed by atoms with Crippen LogP contribution in [0.5, 0.6) is 0 Å². The van der Waals surface area contributed by atoms with Crippen LogP contribution in [0.1, 0.15) is 23.7 Å². The Morgan fingerprint density at radius 3 is 2.43 bits per heavy atom. The predicted octanol–water partition coefficient (Wildman–Crippen LogP) is 3.03. The Morgan fingerprint density at radius 2 is 1.95 bits per heavy atom. The Balaban J connectivity index is 3.09. The zero-order valence-electron chi connectivity index (χ0n) is 11.0. The molecular weight excluding hydrogens is 331 g/mol. The van der Waals surface area contributed by atoms with Crippen LogP contribution in [0.2, 0.25) is 0 Å². The molecule has 0 spiro atoms. The van der Waals surface area contributed by atoms with Crippen molar-refractivity contribution in [3.63, 3.8) is 0 Å². The third kappa shape index (κ3) is 5.55. The summed E-state index contributed by atoms with van der Waals surface area (Å²) in [7, 11) is 1.10. The van der Waals surface area contributed by atoms with Crippen LogP contribution in [0.15, 0.2) is 29.2 Å². The average molecular weight is 344 g/mol. The van der Waals surface area contributed by atoms with Crippen LogP contribution < -0.4 is 0 Å². The van der Waals surface area contributed by atoms with Crippen LogP contribution in [0.3, 0.4) is 0 Å². The molecule has 0 fully saturated rings. The van der Waals surface area contributed by atoms with Crippen molar-refractivity contribution in [1.82, 2.24) is 4.90 Å². The van der Waals surface area contributed by atoms with E-state index in [1.807, 2.05) is 0 Å². The Kier molecular flexibility index (Phi) is 5.63. The number of hydrogen-bond donors (Lipinski definition) is 0. The van der Waals surface area contributed by atoms with Gasteiger partial charge in [-0.1, -0.05) is 13.0 Å². The van der Waals surface area contributed by atoms with Gasteiger partial charge in [-0.15, -0.1) is 0 Å². The second-order valence-electron chi connectivity index (χ2n) is 4.31. The number of nitrogens with zero attached hydrogens (tertiary/aromatic N) is 1. The van der Waals surface area contributed by atoms with Gasteiger partial charge in [0.2, 0.25) is 0 Å². The predicted molar refractivity (Wildman–Crippen MR) is 71.7 cm³/mol. The second kappa shape index (κ2) is 6.65. The monoisotopic (exact) mass is 343 g/mol. The van der Waals surface area contributed by atoms with Gasteiger partial charge in [0.1, 0.15) is 6.54 Å². The summed E-state index contributed by atoms with van der Waals surface area (Å²) in [6, 6.07) is 4.61. The van der Waals surface area contributed by atoms with Crippen LogP contribution in [0.4, 0.5) is 13.2 Å². The highest BCUT2D eigenvalue weighted by Gasteiger charge is 2.33. The number of alkyl halides is 3. The highest BCUT2D eigenvalue weighted by atomic mass is 35.7. The lowest BCUT2D eigenvalue weighted by molar-refractivity contribution is -0.140. The van der Waals surface area contributed by atoms with Gasteiger partial charge >= 0.3 is 6.18 Å². The topological polar surface area (TPSA) is 54.5 Å². The van der Waals surface area contributed by atoms with Crippen molar-refractivity contribution in [1.29, 1.82) is 0 Å².